The third kappa shape index (κ3) is 1.53. The van der Waals surface area contributed by atoms with Crippen molar-refractivity contribution in [1.82, 2.24) is 5.32 Å². The van der Waals surface area contributed by atoms with Crippen LogP contribution >= 0.6 is 15.9 Å². The van der Waals surface area contributed by atoms with Gasteiger partial charge in [-0.3, -0.25) is 0 Å². The number of nitrogens with one attached hydrogen (secondary N) is 1. The summed E-state index contributed by atoms with van der Waals surface area (Å²) in [7, 11) is 0. The Labute approximate surface area is 69.3 Å². The third-order valence-electron chi connectivity index (χ3n) is 1.52. The molecule has 1 atom stereocenters. The van der Waals surface area contributed by atoms with Gasteiger partial charge in [0.05, 0.1) is 4.48 Å². The molecule has 0 fully saturated rings. The smallest absolute Gasteiger partial charge is 0.0559 e. The molecule has 0 bridgehead atoms. The second-order valence-corrected chi connectivity index (χ2v) is 3.15. The topological polar surface area (TPSA) is 38.0 Å². The quantitative estimate of drug-likeness (QED) is 0.676. The van der Waals surface area contributed by atoms with Crippen LogP contribution in [0, 0.1) is 0 Å². The van der Waals surface area contributed by atoms with E-state index in [1.165, 1.54) is 0 Å². The first-order valence-electron chi connectivity index (χ1n) is 3.33. The summed E-state index contributed by atoms with van der Waals surface area (Å²) in [5, 5.41) is 3.18. The molecule has 2 nitrogen and oxygen atoms in total. The minimum absolute atomic E-state index is 0.404. The van der Waals surface area contributed by atoms with Crippen molar-refractivity contribution < 1.29 is 0 Å². The van der Waals surface area contributed by atoms with Crippen LogP contribution in [0.1, 0.15) is 13.3 Å². The molecule has 0 aromatic rings. The molecule has 0 saturated carbocycles. The van der Waals surface area contributed by atoms with Crippen LogP contribution in [0.3, 0.4) is 0 Å². The Bertz CT molecular complexity index is 184. The summed E-state index contributed by atoms with van der Waals surface area (Å²) in [5.74, 6) is 0. The average molecular weight is 203 g/mol. The molecule has 0 aromatic heterocycles. The lowest BCUT2D eigenvalue weighted by Gasteiger charge is -2.17. The number of halogens is 1. The second-order valence-electron chi connectivity index (χ2n) is 2.30. The Kier molecular flexibility index (Phi) is 2.38. The van der Waals surface area contributed by atoms with E-state index in [4.69, 9.17) is 5.73 Å². The lowest BCUT2D eigenvalue weighted by Crippen LogP contribution is -2.26. The third-order valence-corrected chi connectivity index (χ3v) is 2.21. The maximum Gasteiger partial charge on any atom is 0.0559 e. The highest BCUT2D eigenvalue weighted by molar-refractivity contribution is 9.11. The first-order chi connectivity index (χ1) is 4.74. The summed E-state index contributed by atoms with van der Waals surface area (Å²) in [6, 6.07) is 0.404. The zero-order valence-electron chi connectivity index (χ0n) is 5.89. The summed E-state index contributed by atoms with van der Waals surface area (Å²) in [5.41, 5.74) is 6.47. The van der Waals surface area contributed by atoms with Gasteiger partial charge in [-0.05, 0) is 28.4 Å². The van der Waals surface area contributed by atoms with Gasteiger partial charge >= 0.3 is 0 Å². The molecule has 56 valence electrons. The van der Waals surface area contributed by atoms with Gasteiger partial charge in [-0.15, -0.1) is 0 Å². The lowest BCUT2D eigenvalue weighted by atomic mass is 10.1. The zero-order valence-corrected chi connectivity index (χ0v) is 7.48. The molecule has 0 aromatic carbocycles. The largest absolute Gasteiger partial charge is 0.398 e. The van der Waals surface area contributed by atoms with E-state index in [0.29, 0.717) is 6.04 Å². The first kappa shape index (κ1) is 7.66. The summed E-state index contributed by atoms with van der Waals surface area (Å²) < 4.78 is 0.942. The Morgan fingerprint density at radius 3 is 3.00 bits per heavy atom. The van der Waals surface area contributed by atoms with Crippen molar-refractivity contribution in [3.63, 3.8) is 0 Å². The normalized spacial score (nSPS) is 24.8. The Morgan fingerprint density at radius 2 is 2.50 bits per heavy atom. The molecule has 3 N–H and O–H groups in total. The standard InChI is InChI=1S/C7H11BrN2/c1-2-5-3-7(9)6(8)4-10-5/h3-5,10H,2,9H2,1H3. The molecule has 10 heavy (non-hydrogen) atoms. The van der Waals surface area contributed by atoms with Crippen LogP contribution in [0.15, 0.2) is 22.5 Å². The van der Waals surface area contributed by atoms with Gasteiger partial charge in [-0.1, -0.05) is 6.92 Å². The van der Waals surface area contributed by atoms with Crippen LogP contribution in [-0.2, 0) is 0 Å². The highest BCUT2D eigenvalue weighted by Gasteiger charge is 2.07. The molecule has 1 unspecified atom stereocenters. The predicted octanol–water partition coefficient (Wildman–Crippen LogP) is 1.45. The molecular formula is C7H11BrN2. The van der Waals surface area contributed by atoms with Crippen molar-refractivity contribution in [3.05, 3.63) is 22.5 Å². The van der Waals surface area contributed by atoms with Crippen molar-refractivity contribution >= 4 is 15.9 Å². The maximum absolute atomic E-state index is 5.65. The molecule has 0 amide bonds. The molecule has 0 spiro atoms. The fourth-order valence-electron chi connectivity index (χ4n) is 0.844. The van der Waals surface area contributed by atoms with Crippen molar-refractivity contribution in [2.45, 2.75) is 19.4 Å². The number of rotatable bonds is 1. The van der Waals surface area contributed by atoms with E-state index in [1.807, 2.05) is 12.3 Å². The highest BCUT2D eigenvalue weighted by atomic mass is 79.9. The van der Waals surface area contributed by atoms with E-state index >= 15 is 0 Å². The van der Waals surface area contributed by atoms with Gasteiger partial charge in [0.15, 0.2) is 0 Å². The van der Waals surface area contributed by atoms with E-state index in [0.717, 1.165) is 16.6 Å². The number of hydrogen-bond donors (Lipinski definition) is 2. The SMILES string of the molecule is CCC1C=C(N)C(Br)=CN1. The first-order valence-corrected chi connectivity index (χ1v) is 4.12. The monoisotopic (exact) mass is 202 g/mol. The molecule has 1 heterocycles. The van der Waals surface area contributed by atoms with Gasteiger partial charge in [-0.25, -0.2) is 0 Å². The van der Waals surface area contributed by atoms with Gasteiger partial charge in [0.2, 0.25) is 0 Å². The van der Waals surface area contributed by atoms with Crippen LogP contribution in [-0.4, -0.2) is 6.04 Å². The Balaban J connectivity index is 2.66. The van der Waals surface area contributed by atoms with Crippen molar-refractivity contribution in [3.8, 4) is 0 Å². The predicted molar refractivity (Wildman–Crippen MR) is 46.5 cm³/mol. The van der Waals surface area contributed by atoms with Gasteiger partial charge in [0.25, 0.3) is 0 Å². The molecule has 0 saturated heterocycles. The van der Waals surface area contributed by atoms with Crippen LogP contribution in [0.4, 0.5) is 0 Å². The summed E-state index contributed by atoms with van der Waals surface area (Å²) in [6.07, 6.45) is 4.98. The van der Waals surface area contributed by atoms with Gasteiger partial charge in [0, 0.05) is 17.9 Å². The average Bonchev–Trinajstić information content (AvgIpc) is 1.95. The minimum Gasteiger partial charge on any atom is -0.398 e. The second kappa shape index (κ2) is 3.10. The molecule has 0 aliphatic carbocycles. The number of dihydropyridines is 1. The van der Waals surface area contributed by atoms with E-state index in [-0.39, 0.29) is 0 Å². The zero-order chi connectivity index (χ0) is 7.56. The van der Waals surface area contributed by atoms with Crippen molar-refractivity contribution in [1.29, 1.82) is 0 Å². The van der Waals surface area contributed by atoms with Crippen molar-refractivity contribution in [2.75, 3.05) is 0 Å². The number of nitrogens with two attached hydrogens (primary N) is 1. The Morgan fingerprint density at radius 1 is 1.80 bits per heavy atom. The van der Waals surface area contributed by atoms with Gasteiger partial charge < -0.3 is 11.1 Å². The number of allylic oxidation sites excluding steroid dienone is 1. The summed E-state index contributed by atoms with van der Waals surface area (Å²) >= 11 is 3.32. The van der Waals surface area contributed by atoms with Gasteiger partial charge in [0.1, 0.15) is 0 Å². The van der Waals surface area contributed by atoms with Crippen LogP contribution in [0.5, 0.6) is 0 Å². The summed E-state index contributed by atoms with van der Waals surface area (Å²) in [6.45, 7) is 2.12. The van der Waals surface area contributed by atoms with Crippen LogP contribution < -0.4 is 11.1 Å². The van der Waals surface area contributed by atoms with E-state index in [2.05, 4.69) is 28.2 Å². The molecule has 1 rings (SSSR count). The molecule has 1 aliphatic rings. The summed E-state index contributed by atoms with van der Waals surface area (Å²) in [4.78, 5) is 0. The lowest BCUT2D eigenvalue weighted by molar-refractivity contribution is 0.663. The van der Waals surface area contributed by atoms with E-state index < -0.39 is 0 Å². The molecular weight excluding hydrogens is 192 g/mol. The fourth-order valence-corrected chi connectivity index (χ4v) is 1.11. The Hall–Kier alpha value is -0.440. The van der Waals surface area contributed by atoms with Crippen LogP contribution in [0.2, 0.25) is 0 Å². The van der Waals surface area contributed by atoms with Crippen LogP contribution in [0.25, 0.3) is 0 Å². The number of hydrogen-bond acceptors (Lipinski definition) is 2. The molecule has 3 heteroatoms. The molecule has 0 radical (unpaired) electrons. The van der Waals surface area contributed by atoms with E-state index in [9.17, 15) is 0 Å². The highest BCUT2D eigenvalue weighted by Crippen LogP contribution is 2.16. The van der Waals surface area contributed by atoms with Crippen molar-refractivity contribution in [2.24, 2.45) is 5.73 Å². The minimum atomic E-state index is 0.404. The molecule has 1 aliphatic heterocycles. The fraction of sp³-hybridized carbons (Fsp3) is 0.429. The maximum atomic E-state index is 5.65. The van der Waals surface area contributed by atoms with Gasteiger partial charge in [-0.2, -0.15) is 0 Å². The van der Waals surface area contributed by atoms with E-state index in [1.54, 1.807) is 0 Å².